The van der Waals surface area contributed by atoms with Gasteiger partial charge in [-0.05, 0) is 202 Å². The summed E-state index contributed by atoms with van der Waals surface area (Å²) in [6.07, 6.45) is 4.04. The van der Waals surface area contributed by atoms with Gasteiger partial charge in [0.15, 0.2) is 11.4 Å². The Hall–Kier alpha value is -11.8. The molecule has 0 saturated heterocycles. The number of aromatic nitrogens is 1. The van der Waals surface area contributed by atoms with Crippen molar-refractivity contribution in [3.05, 3.63) is 392 Å². The summed E-state index contributed by atoms with van der Waals surface area (Å²) in [4.78, 5) is 130. The minimum atomic E-state index is -0.936. The first-order chi connectivity index (χ1) is 66.8. The number of nitrogens with one attached hydrogen (secondary N) is 3. The normalized spacial score (nSPS) is 12.1. The number of hydrogen-bond acceptors (Lipinski definition) is 21. The highest BCUT2D eigenvalue weighted by Gasteiger charge is 2.40. The van der Waals surface area contributed by atoms with E-state index in [1.54, 1.807) is 114 Å². The largest absolute Gasteiger partial charge is 0.483 e. The number of pyridine rings is 1. The summed E-state index contributed by atoms with van der Waals surface area (Å²) in [5, 5.41) is 11.5. The Labute approximate surface area is 880 Å². The Balaban J connectivity index is 0.000000223. The second kappa shape index (κ2) is 53.2. The average molecular weight is 2160 g/mol. The third kappa shape index (κ3) is 37.4. The van der Waals surface area contributed by atoms with Crippen LogP contribution in [0.25, 0.3) is 0 Å². The number of nitrogens with two attached hydrogens (primary N) is 1. The number of hydrogen-bond donors (Lipinski definition) is 4. The lowest BCUT2D eigenvalue weighted by Gasteiger charge is -2.41. The summed E-state index contributed by atoms with van der Waals surface area (Å²) in [5.74, 6) is -2.55. The van der Waals surface area contributed by atoms with Crippen molar-refractivity contribution in [3.63, 3.8) is 0 Å². The highest BCUT2D eigenvalue weighted by molar-refractivity contribution is 6.67. The molecule has 0 fully saturated rings. The van der Waals surface area contributed by atoms with Crippen LogP contribution in [0.2, 0.25) is 40.2 Å². The molecule has 0 saturated carbocycles. The van der Waals surface area contributed by atoms with Crippen LogP contribution in [0.3, 0.4) is 0 Å². The van der Waals surface area contributed by atoms with E-state index in [1.807, 2.05) is 193 Å². The third-order valence-electron chi connectivity index (χ3n) is 20.1. The van der Waals surface area contributed by atoms with Crippen molar-refractivity contribution >= 4 is 152 Å². The van der Waals surface area contributed by atoms with Crippen LogP contribution in [-0.2, 0) is 67.6 Å². The van der Waals surface area contributed by atoms with Gasteiger partial charge in [-0.3, -0.25) is 38.4 Å². The van der Waals surface area contributed by atoms with E-state index >= 15 is 0 Å². The van der Waals surface area contributed by atoms with Gasteiger partial charge in [0.2, 0.25) is 56.2 Å². The van der Waals surface area contributed by atoms with Crippen molar-refractivity contribution < 1.29 is 70.4 Å². The summed E-state index contributed by atoms with van der Waals surface area (Å²) in [5.41, 5.74) is 7.81. The molecule has 5 heterocycles. The van der Waals surface area contributed by atoms with Gasteiger partial charge >= 0.3 is 12.2 Å². The molecule has 12 aromatic rings. The first kappa shape index (κ1) is 116. The molecule has 0 bridgehead atoms. The standard InChI is InChI=1S/C29H32Cl2N2O6.C24H24Cl2N2O4.C24H22Cl2N2O3.C16H24Cl2N2O2.C13H9ClO4.ClH/c1-28(2,3)39-27(36)32-29(4,5)18-33(16-20-11-12-21(30)22(31)15-20)26(35)25-24(23(34)13-14-37-25)38-17-19-9-7-6-8-10-19;1-24(2,27)15-28(13-17-8-9-18(25)19(26)12-17)23(30)22-21(20(29)10-11-31-22)32-14-16-6-4-3-5-7-16;1-24(2)15-27(13-17-8-9-18(25)19(26)12-17)23(30)21-22(20(29)10-11-28(21)24)31-14-16-6-4-3-5-7-16;1-15(2,3)22-14(21)20-16(4,5)10-19-9-11-6-7-12(17)13(18)8-11;14-13(16)12-11(10(15)6-7-17-12)18-8-9-4-2-1-3-5-9;/h6-15H,16-18H2,1-5H3,(H,32,36);3-12H,13-15,27H2,1-2H3;3-12H,13-15H2,1-2H3;6-8,19H,9-10H2,1-5H3,(H,20,21);1-7H,8H2;1H. The van der Waals surface area contributed by atoms with Crippen molar-refractivity contribution in [3.8, 4) is 23.0 Å². The van der Waals surface area contributed by atoms with Crippen LogP contribution in [-0.4, -0.2) is 108 Å². The molecule has 0 unspecified atom stereocenters. The second-order valence-corrected chi connectivity index (χ2v) is 40.9. The molecule has 5 N–H and O–H groups in total. The predicted molar refractivity (Wildman–Crippen MR) is 562 cm³/mol. The van der Waals surface area contributed by atoms with E-state index in [4.69, 9.17) is 152 Å². The lowest BCUT2D eigenvalue weighted by Crippen LogP contribution is -2.53. The number of nitrogens with zero attached hydrogens (tertiary/aromatic N) is 4. The van der Waals surface area contributed by atoms with Crippen molar-refractivity contribution in [2.75, 3.05) is 26.2 Å². The van der Waals surface area contributed by atoms with E-state index in [9.17, 15) is 47.9 Å². The minimum Gasteiger partial charge on any atom is -0.483 e. The van der Waals surface area contributed by atoms with Gasteiger partial charge in [-0.25, -0.2) is 9.59 Å². The average Bonchev–Trinajstić information content (AvgIpc) is 0.743. The molecule has 0 spiro atoms. The fraction of sp³-hybridized carbons (Fsp3) is 0.302. The second-order valence-electron chi connectivity index (χ2n) is 37.3. The maximum absolute atomic E-state index is 13.9. The van der Waals surface area contributed by atoms with Crippen LogP contribution >= 0.6 is 117 Å². The quantitative estimate of drug-likeness (QED) is 0.0293. The van der Waals surface area contributed by atoms with Crippen LogP contribution in [0.5, 0.6) is 23.0 Å². The molecule has 4 aromatic heterocycles. The Bertz CT molecular complexity index is 6610. The van der Waals surface area contributed by atoms with Gasteiger partial charge in [-0.15, -0.1) is 12.4 Å². The highest BCUT2D eigenvalue weighted by atomic mass is 35.5. The summed E-state index contributed by atoms with van der Waals surface area (Å²) in [7, 11) is 0. The van der Waals surface area contributed by atoms with Crippen LogP contribution in [0, 0.1) is 0 Å². The van der Waals surface area contributed by atoms with Gasteiger partial charge in [0.05, 0.1) is 75.6 Å². The van der Waals surface area contributed by atoms with E-state index in [0.717, 1.165) is 51.5 Å². The molecule has 27 nitrogen and oxygen atoms in total. The zero-order valence-electron chi connectivity index (χ0n) is 81.0. The van der Waals surface area contributed by atoms with Gasteiger partial charge < -0.3 is 82.6 Å². The number of fused-ring (bicyclic) bond motifs is 1. The van der Waals surface area contributed by atoms with E-state index in [0.29, 0.717) is 71.9 Å². The Morgan fingerprint density at radius 1 is 0.406 bits per heavy atom. The predicted octanol–water partition coefficient (Wildman–Crippen LogP) is 23.9. The molecular formula is C106H112Cl10N8O19. The molecule has 8 aromatic carbocycles. The lowest BCUT2D eigenvalue weighted by atomic mass is 9.98. The third-order valence-corrected chi connectivity index (χ3v) is 23.3. The van der Waals surface area contributed by atoms with Crippen molar-refractivity contribution in [2.24, 2.45) is 5.73 Å². The van der Waals surface area contributed by atoms with Gasteiger partial charge in [-0.2, -0.15) is 0 Å². The number of halogens is 10. The maximum Gasteiger partial charge on any atom is 0.408 e. The monoisotopic (exact) mass is 2150 g/mol. The Morgan fingerprint density at radius 3 is 1.10 bits per heavy atom. The lowest BCUT2D eigenvalue weighted by molar-refractivity contribution is 0.0419. The fourth-order valence-corrected chi connectivity index (χ4v) is 15.3. The number of ether oxygens (including phenoxy) is 6. The number of benzene rings is 8. The SMILES string of the molecule is CC(C)(CN(Cc1ccc(Cl)c(Cl)c1)C(=O)c1occc(=O)c1OCc1ccccc1)NC(=O)OC(C)(C)C.CC(C)(CNCc1ccc(Cl)c(Cl)c1)NC(=O)OC(C)(C)C.CC(C)(N)CN(Cc1ccc(Cl)c(Cl)c1)C(=O)c1occc(=O)c1OCc1ccccc1.CC1(C)CN(Cc2ccc(Cl)c(Cl)c2)C(=O)c2c(OCc3ccccc3)c(=O)ccn21.Cl.O=C(Cl)c1occc(=O)c1OCc1ccccc1. The topological polar surface area (TPSA) is 342 Å². The molecule has 5 amide bonds. The van der Waals surface area contributed by atoms with Crippen molar-refractivity contribution in [1.82, 2.24) is 35.2 Å². The van der Waals surface area contributed by atoms with E-state index < -0.39 is 78.9 Å². The number of amides is 5. The molecule has 0 aliphatic carbocycles. The summed E-state index contributed by atoms with van der Waals surface area (Å²) < 4.78 is 51.1. The van der Waals surface area contributed by atoms with Crippen LogP contribution in [0.15, 0.2) is 276 Å². The first-order valence-electron chi connectivity index (χ1n) is 44.4. The number of carbonyl (C=O) groups excluding carboxylic acids is 6. The molecule has 13 rings (SSSR count). The molecule has 1 aliphatic rings. The number of alkyl carbamates (subject to hydrolysis) is 2. The van der Waals surface area contributed by atoms with Crippen molar-refractivity contribution in [2.45, 2.75) is 183 Å². The smallest absolute Gasteiger partial charge is 0.408 e. The molecule has 0 radical (unpaired) electrons. The van der Waals surface area contributed by atoms with E-state index in [2.05, 4.69) is 16.0 Å². The van der Waals surface area contributed by atoms with Gasteiger partial charge in [-0.1, -0.05) is 238 Å². The zero-order valence-corrected chi connectivity index (χ0v) is 88.6. The molecular weight excluding hydrogens is 2040 g/mol. The molecule has 760 valence electrons. The maximum atomic E-state index is 13.9. The summed E-state index contributed by atoms with van der Waals surface area (Å²) in [6.45, 7) is 28.9. The molecule has 143 heavy (non-hydrogen) atoms. The van der Waals surface area contributed by atoms with Crippen molar-refractivity contribution in [1.29, 1.82) is 0 Å². The van der Waals surface area contributed by atoms with Gasteiger partial charge in [0, 0.05) is 88.4 Å². The summed E-state index contributed by atoms with van der Waals surface area (Å²) >= 11 is 53.8. The molecule has 1 aliphatic heterocycles. The van der Waals surface area contributed by atoms with E-state index in [1.165, 1.54) is 40.3 Å². The fourth-order valence-electron chi connectivity index (χ4n) is 13.9. The molecule has 37 heteroatoms. The summed E-state index contributed by atoms with van der Waals surface area (Å²) in [6, 6.07) is 63.3. The zero-order chi connectivity index (χ0) is 104. The Morgan fingerprint density at radius 2 is 0.734 bits per heavy atom. The minimum absolute atomic E-state index is 0. The molecule has 0 atom stereocenters. The van der Waals surface area contributed by atoms with Crippen LogP contribution in [0.1, 0.15) is 184 Å². The first-order valence-corrected chi connectivity index (χ1v) is 47.8. The van der Waals surface area contributed by atoms with Crippen LogP contribution in [0.4, 0.5) is 9.59 Å². The number of rotatable bonds is 31. The number of carbonyl (C=O) groups is 6. The van der Waals surface area contributed by atoms with E-state index in [-0.39, 0.29) is 122 Å². The Kier molecular flexibility index (Phi) is 43.3. The highest BCUT2D eigenvalue weighted by Crippen LogP contribution is 2.35. The van der Waals surface area contributed by atoms with Gasteiger partial charge in [0.1, 0.15) is 37.6 Å². The van der Waals surface area contributed by atoms with Gasteiger partial charge in [0.25, 0.3) is 23.0 Å². The van der Waals surface area contributed by atoms with Crippen LogP contribution < -0.4 is 62.3 Å².